The molecule has 0 aliphatic rings. The quantitative estimate of drug-likeness (QED) is 0.0537. The summed E-state index contributed by atoms with van der Waals surface area (Å²) in [5, 5.41) is 3.60. The Kier molecular flexibility index (Phi) is 26.9. The first-order valence-corrected chi connectivity index (χ1v) is 34.5. The standard InChI is InChI=1S/C7H13NO2S2.6C4H9.2Sn/c9-6(10)4-2-1-3-5-8-7(11)12;6*1-3-4-2;;/h1-5H2,(H,9,10)(H2,8,11,12);6*1,3-4H2,2H3;;/q;;;;;;;2*+1/p-2. The summed E-state index contributed by atoms with van der Waals surface area (Å²) in [5.74, 6) is 0.116. The van der Waals surface area contributed by atoms with Crippen LogP contribution in [0, 0.1) is 0 Å². The number of hydrogen-bond acceptors (Lipinski definition) is 4. The molecule has 0 aliphatic carbocycles. The fraction of sp³-hybridized carbons (Fsp3) is 0.935. The molecule has 0 rings (SSSR count). The van der Waals surface area contributed by atoms with E-state index < -0.39 is 35.8 Å². The van der Waals surface area contributed by atoms with Gasteiger partial charge in [-0.1, -0.05) is 0 Å². The summed E-state index contributed by atoms with van der Waals surface area (Å²) in [6.45, 7) is 14.7. The van der Waals surface area contributed by atoms with E-state index in [9.17, 15) is 4.79 Å². The summed E-state index contributed by atoms with van der Waals surface area (Å²) in [4.78, 5) is 12.9. The Balaban J connectivity index is 4.64. The Morgan fingerprint density at radius 1 is 0.632 bits per heavy atom. The summed E-state index contributed by atoms with van der Waals surface area (Å²) in [6.07, 6.45) is 19.1. The number of thiocarbonyl (C=S) groups is 1. The van der Waals surface area contributed by atoms with Crippen LogP contribution in [0.3, 0.4) is 0 Å². The number of unbranched alkanes of at least 4 members (excludes halogenated alkanes) is 8. The van der Waals surface area contributed by atoms with Gasteiger partial charge in [0.25, 0.3) is 0 Å². The normalized spacial score (nSPS) is 12.1. The molecule has 226 valence electrons. The van der Waals surface area contributed by atoms with E-state index in [0.29, 0.717) is 6.42 Å². The molecule has 0 saturated heterocycles. The van der Waals surface area contributed by atoms with Crippen LogP contribution >= 0.6 is 21.2 Å². The van der Waals surface area contributed by atoms with Crippen molar-refractivity contribution in [2.75, 3.05) is 6.54 Å². The van der Waals surface area contributed by atoms with Crippen molar-refractivity contribution in [3.05, 3.63) is 0 Å². The third-order valence-corrected chi connectivity index (χ3v) is 43.4. The first kappa shape index (κ1) is 39.3. The zero-order chi connectivity index (χ0) is 28.5. The van der Waals surface area contributed by atoms with E-state index in [1.807, 2.05) is 0 Å². The maximum atomic E-state index is 12.9. The fourth-order valence-corrected chi connectivity index (χ4v) is 43.3. The van der Waals surface area contributed by atoms with Crippen LogP contribution in [-0.2, 0) is 7.87 Å². The van der Waals surface area contributed by atoms with Crippen molar-refractivity contribution >= 4 is 67.2 Å². The molecule has 0 aromatic rings. The van der Waals surface area contributed by atoms with Gasteiger partial charge in [0.05, 0.1) is 0 Å². The van der Waals surface area contributed by atoms with E-state index in [1.165, 1.54) is 104 Å². The Labute approximate surface area is 255 Å². The van der Waals surface area contributed by atoms with E-state index in [2.05, 4.69) is 55.8 Å². The van der Waals surface area contributed by atoms with Crippen molar-refractivity contribution in [1.82, 2.24) is 5.32 Å². The maximum absolute atomic E-state index is 12.9. The van der Waals surface area contributed by atoms with Gasteiger partial charge in [-0.05, 0) is 0 Å². The third kappa shape index (κ3) is 19.4. The van der Waals surface area contributed by atoms with Gasteiger partial charge in [-0.25, -0.2) is 0 Å². The van der Waals surface area contributed by atoms with E-state index in [-0.39, 0.29) is 5.97 Å². The number of hydrogen-bond donors (Lipinski definition) is 1. The first-order chi connectivity index (χ1) is 18.4. The molecule has 0 atom stereocenters. The van der Waals surface area contributed by atoms with Crippen LogP contribution in [0.1, 0.15) is 144 Å². The number of rotatable bonds is 26. The summed E-state index contributed by atoms with van der Waals surface area (Å²) in [7, 11) is 2.17. The van der Waals surface area contributed by atoms with E-state index in [4.69, 9.17) is 15.3 Å². The van der Waals surface area contributed by atoms with Gasteiger partial charge in [0.15, 0.2) is 0 Å². The Morgan fingerprint density at radius 2 is 1.05 bits per heavy atom. The number of carbonyl (C=O) groups excluding carboxylic acids is 1. The van der Waals surface area contributed by atoms with Crippen LogP contribution in [0.25, 0.3) is 0 Å². The molecule has 0 aromatic heterocycles. The second kappa shape index (κ2) is 26.0. The predicted octanol–water partition coefficient (Wildman–Crippen LogP) is 11.4. The summed E-state index contributed by atoms with van der Waals surface area (Å²) >= 11 is 0.773. The Hall–Kier alpha value is 1.31. The van der Waals surface area contributed by atoms with Crippen LogP contribution in [-0.4, -0.2) is 52.6 Å². The molecule has 3 nitrogen and oxygen atoms in total. The minimum absolute atomic E-state index is 0.116. The molecule has 7 heteroatoms. The van der Waals surface area contributed by atoms with Gasteiger partial charge in [-0.15, -0.1) is 0 Å². The monoisotopic (exact) mass is 787 g/mol. The minimum atomic E-state index is -2.82. The Bertz CT molecular complexity index is 499. The van der Waals surface area contributed by atoms with Crippen LogP contribution in [0.2, 0.25) is 26.6 Å². The van der Waals surface area contributed by atoms with Gasteiger partial charge in [-0.3, -0.25) is 0 Å². The molecule has 0 bridgehead atoms. The molecule has 0 heterocycles. The third-order valence-electron chi connectivity index (χ3n) is 7.88. The van der Waals surface area contributed by atoms with Gasteiger partial charge >= 0.3 is 258 Å². The van der Waals surface area contributed by atoms with Crippen molar-refractivity contribution in [1.29, 1.82) is 0 Å². The number of carbonyl (C=O) groups is 1. The topological polar surface area (TPSA) is 38.3 Å². The molecule has 38 heavy (non-hydrogen) atoms. The molecule has 0 saturated carbocycles. The Morgan fingerprint density at radius 3 is 1.47 bits per heavy atom. The van der Waals surface area contributed by atoms with Crippen molar-refractivity contribution in [2.24, 2.45) is 0 Å². The molecular formula is C31H65NO2S2Sn2. The molecule has 0 fully saturated rings. The van der Waals surface area contributed by atoms with Crippen molar-refractivity contribution < 1.29 is 7.87 Å². The summed E-state index contributed by atoms with van der Waals surface area (Å²) < 4.78 is 15.7. The summed E-state index contributed by atoms with van der Waals surface area (Å²) in [6, 6.07) is 0. The molecule has 1 N–H and O–H groups in total. The van der Waals surface area contributed by atoms with Crippen LogP contribution in [0.15, 0.2) is 0 Å². The average molecular weight is 785 g/mol. The zero-order valence-electron chi connectivity index (χ0n) is 26.4. The molecule has 0 amide bonds. The van der Waals surface area contributed by atoms with Crippen LogP contribution < -0.4 is 5.32 Å². The van der Waals surface area contributed by atoms with Gasteiger partial charge in [0.2, 0.25) is 0 Å². The van der Waals surface area contributed by atoms with Gasteiger partial charge in [0, 0.05) is 0 Å². The van der Waals surface area contributed by atoms with Gasteiger partial charge in [0.1, 0.15) is 0 Å². The average Bonchev–Trinajstić information content (AvgIpc) is 2.92. The SMILES string of the molecule is CCC[CH2][Sn]([CH2]CCC)([CH2]CCC)[O]C(=O)CCCCCNC(=S)[S][Sn]([CH2]CCC)([CH2]CCC)[CH2]CCC. The first-order valence-electron chi connectivity index (χ1n) is 16.5. The predicted molar refractivity (Wildman–Crippen MR) is 183 cm³/mol. The molecule has 0 aromatic carbocycles. The second-order valence-corrected chi connectivity index (χ2v) is 43.1. The van der Waals surface area contributed by atoms with E-state index in [1.54, 1.807) is 0 Å². The molecule has 0 unspecified atom stereocenters. The van der Waals surface area contributed by atoms with E-state index in [0.717, 1.165) is 30.1 Å². The number of nitrogens with one attached hydrogen (secondary N) is 1. The fourth-order valence-electron chi connectivity index (χ4n) is 5.34. The van der Waals surface area contributed by atoms with Crippen molar-refractivity contribution in [3.8, 4) is 0 Å². The second-order valence-electron chi connectivity index (χ2n) is 11.6. The van der Waals surface area contributed by atoms with Crippen molar-refractivity contribution in [2.45, 2.75) is 171 Å². The van der Waals surface area contributed by atoms with Crippen LogP contribution in [0.5, 0.6) is 0 Å². The molecule has 0 radical (unpaired) electrons. The van der Waals surface area contributed by atoms with E-state index >= 15 is 0 Å². The van der Waals surface area contributed by atoms with Gasteiger partial charge < -0.3 is 0 Å². The molecule has 0 aliphatic heterocycles. The molecule has 0 spiro atoms. The zero-order valence-corrected chi connectivity index (χ0v) is 33.7. The van der Waals surface area contributed by atoms with Crippen molar-refractivity contribution in [3.63, 3.8) is 0 Å². The van der Waals surface area contributed by atoms with Crippen LogP contribution in [0.4, 0.5) is 0 Å². The summed E-state index contributed by atoms with van der Waals surface area (Å²) in [5.41, 5.74) is 0. The molecular weight excluding hydrogens is 720 g/mol. The van der Waals surface area contributed by atoms with Gasteiger partial charge in [-0.2, -0.15) is 0 Å².